The quantitative estimate of drug-likeness (QED) is 0.573. The number of alkyl halides is 3. The topological polar surface area (TPSA) is 56.7 Å². The zero-order valence-electron chi connectivity index (χ0n) is 14.9. The van der Waals surface area contributed by atoms with Gasteiger partial charge in [0.1, 0.15) is 0 Å². The standard InChI is InChI=1S/C18H25F3N4O/c1-2-22-17(23-10-9-18(19,20)21)24-12-14-6-3-4-7-15(14)13-25-11-5-8-16(25)26/h3-4,6-7H,2,5,8-13H2,1H3,(H2,22,23,24). The highest BCUT2D eigenvalue weighted by Gasteiger charge is 2.26. The molecule has 0 unspecified atom stereocenters. The second-order valence-electron chi connectivity index (χ2n) is 6.17. The van der Waals surface area contributed by atoms with Crippen LogP contribution in [0.25, 0.3) is 0 Å². The fraction of sp³-hybridized carbons (Fsp3) is 0.556. The summed E-state index contributed by atoms with van der Waals surface area (Å²) in [5.74, 6) is 0.509. The second-order valence-corrected chi connectivity index (χ2v) is 6.17. The molecule has 1 heterocycles. The Balaban J connectivity index is 2.00. The third-order valence-corrected chi connectivity index (χ3v) is 4.10. The van der Waals surface area contributed by atoms with Crippen molar-refractivity contribution in [1.29, 1.82) is 0 Å². The average Bonchev–Trinajstić information content (AvgIpc) is 2.97. The highest BCUT2D eigenvalue weighted by Crippen LogP contribution is 2.19. The van der Waals surface area contributed by atoms with E-state index in [2.05, 4.69) is 15.6 Å². The Labute approximate surface area is 151 Å². The van der Waals surface area contributed by atoms with Crippen LogP contribution in [0.15, 0.2) is 29.3 Å². The van der Waals surface area contributed by atoms with Crippen molar-refractivity contribution in [2.45, 2.75) is 45.5 Å². The number of halogens is 3. The molecule has 0 aromatic heterocycles. The number of carbonyl (C=O) groups excluding carboxylic acids is 1. The number of carbonyl (C=O) groups is 1. The monoisotopic (exact) mass is 370 g/mol. The lowest BCUT2D eigenvalue weighted by atomic mass is 10.1. The van der Waals surface area contributed by atoms with Crippen LogP contribution in [0.3, 0.4) is 0 Å². The van der Waals surface area contributed by atoms with Crippen molar-refractivity contribution in [3.05, 3.63) is 35.4 Å². The van der Waals surface area contributed by atoms with E-state index in [9.17, 15) is 18.0 Å². The van der Waals surface area contributed by atoms with E-state index < -0.39 is 12.6 Å². The van der Waals surface area contributed by atoms with Crippen molar-refractivity contribution in [3.8, 4) is 0 Å². The van der Waals surface area contributed by atoms with Crippen LogP contribution in [0.1, 0.15) is 37.3 Å². The SMILES string of the molecule is CCNC(=NCc1ccccc1CN1CCCC1=O)NCCC(F)(F)F. The maximum absolute atomic E-state index is 12.3. The number of guanidine groups is 1. The molecule has 2 rings (SSSR count). The smallest absolute Gasteiger partial charge is 0.357 e. The Morgan fingerprint density at radius 2 is 1.96 bits per heavy atom. The van der Waals surface area contributed by atoms with Crippen molar-refractivity contribution < 1.29 is 18.0 Å². The molecule has 1 aliphatic heterocycles. The summed E-state index contributed by atoms with van der Waals surface area (Å²) in [7, 11) is 0. The molecule has 5 nitrogen and oxygen atoms in total. The molecule has 2 N–H and O–H groups in total. The van der Waals surface area contributed by atoms with Gasteiger partial charge in [0.15, 0.2) is 5.96 Å². The Morgan fingerprint density at radius 3 is 2.58 bits per heavy atom. The van der Waals surface area contributed by atoms with Gasteiger partial charge in [0, 0.05) is 32.6 Å². The fourth-order valence-electron chi connectivity index (χ4n) is 2.77. The number of nitrogens with one attached hydrogen (secondary N) is 2. The molecule has 1 aromatic rings. The molecule has 0 bridgehead atoms. The summed E-state index contributed by atoms with van der Waals surface area (Å²) in [5.41, 5.74) is 1.97. The Hall–Kier alpha value is -2.25. The molecule has 0 spiro atoms. The number of hydrogen-bond acceptors (Lipinski definition) is 2. The van der Waals surface area contributed by atoms with E-state index in [1.54, 1.807) is 0 Å². The summed E-state index contributed by atoms with van der Waals surface area (Å²) in [6.45, 7) is 3.83. The van der Waals surface area contributed by atoms with Crippen LogP contribution in [-0.4, -0.2) is 42.6 Å². The number of aliphatic imine (C=N–C) groups is 1. The molecule has 144 valence electrons. The van der Waals surface area contributed by atoms with Gasteiger partial charge in [0.2, 0.25) is 5.91 Å². The van der Waals surface area contributed by atoms with E-state index in [0.29, 0.717) is 32.0 Å². The minimum atomic E-state index is -4.20. The number of rotatable bonds is 7. The number of amides is 1. The van der Waals surface area contributed by atoms with Gasteiger partial charge in [-0.3, -0.25) is 4.79 Å². The first-order chi connectivity index (χ1) is 12.4. The first-order valence-electron chi connectivity index (χ1n) is 8.82. The van der Waals surface area contributed by atoms with Gasteiger partial charge in [0.25, 0.3) is 0 Å². The lowest BCUT2D eigenvalue weighted by Crippen LogP contribution is -2.38. The summed E-state index contributed by atoms with van der Waals surface area (Å²) < 4.78 is 36.9. The predicted molar refractivity (Wildman–Crippen MR) is 94.6 cm³/mol. The van der Waals surface area contributed by atoms with Crippen molar-refractivity contribution in [1.82, 2.24) is 15.5 Å². The molecule has 1 fully saturated rings. The van der Waals surface area contributed by atoms with Crippen molar-refractivity contribution >= 4 is 11.9 Å². The first kappa shape index (κ1) is 20.1. The Kier molecular flexibility index (Phi) is 7.29. The van der Waals surface area contributed by atoms with Crippen molar-refractivity contribution in [3.63, 3.8) is 0 Å². The van der Waals surface area contributed by atoms with Gasteiger partial charge in [-0.05, 0) is 24.5 Å². The zero-order chi connectivity index (χ0) is 19.0. The maximum atomic E-state index is 12.3. The van der Waals surface area contributed by atoms with E-state index in [-0.39, 0.29) is 12.5 Å². The molecule has 0 radical (unpaired) electrons. The van der Waals surface area contributed by atoms with Gasteiger partial charge >= 0.3 is 6.18 Å². The molecule has 0 aliphatic carbocycles. The van der Waals surface area contributed by atoms with Gasteiger partial charge in [-0.2, -0.15) is 13.2 Å². The minimum Gasteiger partial charge on any atom is -0.357 e. The van der Waals surface area contributed by atoms with Gasteiger partial charge in [-0.15, -0.1) is 0 Å². The number of benzene rings is 1. The van der Waals surface area contributed by atoms with Crippen LogP contribution in [0.4, 0.5) is 13.2 Å². The van der Waals surface area contributed by atoms with Gasteiger partial charge in [0.05, 0.1) is 13.0 Å². The maximum Gasteiger partial charge on any atom is 0.390 e. The van der Waals surface area contributed by atoms with E-state index in [1.165, 1.54) is 0 Å². The number of likely N-dealkylation sites (tertiary alicyclic amines) is 1. The van der Waals surface area contributed by atoms with E-state index in [4.69, 9.17) is 0 Å². The molecule has 1 amide bonds. The second kappa shape index (κ2) is 9.45. The van der Waals surface area contributed by atoms with Crippen LogP contribution >= 0.6 is 0 Å². The minimum absolute atomic E-state index is 0.158. The average molecular weight is 370 g/mol. The molecular weight excluding hydrogens is 345 g/mol. The third-order valence-electron chi connectivity index (χ3n) is 4.10. The normalized spacial score (nSPS) is 15.5. The van der Waals surface area contributed by atoms with Gasteiger partial charge < -0.3 is 15.5 Å². The summed E-state index contributed by atoms with van der Waals surface area (Å²) in [6.07, 6.45) is -3.63. The molecule has 0 atom stereocenters. The summed E-state index contributed by atoms with van der Waals surface area (Å²) in [4.78, 5) is 18.0. The van der Waals surface area contributed by atoms with E-state index >= 15 is 0 Å². The van der Waals surface area contributed by atoms with Gasteiger partial charge in [-0.1, -0.05) is 24.3 Å². The van der Waals surface area contributed by atoms with Crippen molar-refractivity contribution in [2.24, 2.45) is 4.99 Å². The fourth-order valence-corrected chi connectivity index (χ4v) is 2.77. The lowest BCUT2D eigenvalue weighted by Gasteiger charge is -2.18. The van der Waals surface area contributed by atoms with Crippen LogP contribution in [0.2, 0.25) is 0 Å². The molecule has 8 heteroatoms. The highest BCUT2D eigenvalue weighted by atomic mass is 19.4. The van der Waals surface area contributed by atoms with Crippen LogP contribution in [0, 0.1) is 0 Å². The molecule has 0 saturated carbocycles. The molecular formula is C18H25F3N4O. The van der Waals surface area contributed by atoms with Crippen LogP contribution < -0.4 is 10.6 Å². The Morgan fingerprint density at radius 1 is 1.23 bits per heavy atom. The third kappa shape index (κ3) is 6.57. The zero-order valence-corrected chi connectivity index (χ0v) is 14.9. The molecule has 1 saturated heterocycles. The Bertz CT molecular complexity index is 631. The van der Waals surface area contributed by atoms with Crippen LogP contribution in [0.5, 0.6) is 0 Å². The molecule has 1 aliphatic rings. The van der Waals surface area contributed by atoms with E-state index in [1.807, 2.05) is 36.1 Å². The molecule has 26 heavy (non-hydrogen) atoms. The van der Waals surface area contributed by atoms with E-state index in [0.717, 1.165) is 24.1 Å². The lowest BCUT2D eigenvalue weighted by molar-refractivity contribution is -0.133. The van der Waals surface area contributed by atoms with Gasteiger partial charge in [-0.25, -0.2) is 4.99 Å². The highest BCUT2D eigenvalue weighted by molar-refractivity contribution is 5.79. The van der Waals surface area contributed by atoms with Crippen molar-refractivity contribution in [2.75, 3.05) is 19.6 Å². The summed E-state index contributed by atoms with van der Waals surface area (Å²) in [6, 6.07) is 7.69. The number of nitrogens with zero attached hydrogens (tertiary/aromatic N) is 2. The predicted octanol–water partition coefficient (Wildman–Crippen LogP) is 2.82. The first-order valence-corrected chi connectivity index (χ1v) is 8.82. The summed E-state index contributed by atoms with van der Waals surface area (Å²) in [5, 5.41) is 5.65. The van der Waals surface area contributed by atoms with Crippen LogP contribution in [-0.2, 0) is 17.9 Å². The molecule has 1 aromatic carbocycles. The largest absolute Gasteiger partial charge is 0.390 e. The summed E-state index contributed by atoms with van der Waals surface area (Å²) >= 11 is 0. The number of hydrogen-bond donors (Lipinski definition) is 2.